The molecule has 15 heavy (non-hydrogen) atoms. The molecule has 1 saturated heterocycles. The predicted molar refractivity (Wildman–Crippen MR) is 50.1 cm³/mol. The van der Waals surface area contributed by atoms with Gasteiger partial charge < -0.3 is 9.47 Å². The molecule has 0 aromatic carbocycles. The van der Waals surface area contributed by atoms with Crippen molar-refractivity contribution in [3.05, 3.63) is 0 Å². The number of halogens is 4. The molecule has 2 nitrogen and oxygen atoms in total. The highest BCUT2D eigenvalue weighted by Gasteiger charge is 2.35. The van der Waals surface area contributed by atoms with Crippen LogP contribution in [0.15, 0.2) is 0 Å². The van der Waals surface area contributed by atoms with Gasteiger partial charge in [0.25, 0.3) is 0 Å². The number of rotatable bonds is 4. The fourth-order valence-electron chi connectivity index (χ4n) is 1.55. The molecule has 90 valence electrons. The van der Waals surface area contributed by atoms with Gasteiger partial charge in [-0.2, -0.15) is 13.2 Å². The number of hydrogen-bond donors (Lipinski definition) is 0. The van der Waals surface area contributed by atoms with Crippen molar-refractivity contribution in [2.24, 2.45) is 5.41 Å². The van der Waals surface area contributed by atoms with Crippen molar-refractivity contribution >= 4 is 11.6 Å². The number of alkyl halides is 4. The molecule has 6 heteroatoms. The van der Waals surface area contributed by atoms with Crippen LogP contribution in [0.4, 0.5) is 13.2 Å². The lowest BCUT2D eigenvalue weighted by molar-refractivity contribution is -0.184. The topological polar surface area (TPSA) is 18.5 Å². The third kappa shape index (κ3) is 4.57. The van der Waals surface area contributed by atoms with E-state index in [1.165, 1.54) is 0 Å². The summed E-state index contributed by atoms with van der Waals surface area (Å²) < 4.78 is 45.4. The number of ether oxygens (including phenoxy) is 2. The van der Waals surface area contributed by atoms with Gasteiger partial charge in [0.1, 0.15) is 6.61 Å². The third-order valence-corrected chi connectivity index (χ3v) is 2.93. The van der Waals surface area contributed by atoms with Crippen LogP contribution >= 0.6 is 11.6 Å². The molecule has 1 heterocycles. The quantitative estimate of drug-likeness (QED) is 0.710. The van der Waals surface area contributed by atoms with Crippen molar-refractivity contribution in [3.8, 4) is 0 Å². The first-order chi connectivity index (χ1) is 6.97. The van der Waals surface area contributed by atoms with E-state index in [9.17, 15) is 13.2 Å². The molecule has 0 N–H and O–H groups in total. The fourth-order valence-corrected chi connectivity index (χ4v) is 1.84. The fraction of sp³-hybridized carbons (Fsp3) is 1.00. The molecule has 1 unspecified atom stereocenters. The minimum Gasteiger partial charge on any atom is -0.381 e. The van der Waals surface area contributed by atoms with Crippen molar-refractivity contribution in [2.45, 2.75) is 19.0 Å². The summed E-state index contributed by atoms with van der Waals surface area (Å²) in [4.78, 5) is 0. The summed E-state index contributed by atoms with van der Waals surface area (Å²) in [5, 5.41) is 0. The van der Waals surface area contributed by atoms with Crippen LogP contribution in [0, 0.1) is 5.41 Å². The minimum atomic E-state index is -4.27. The molecule has 1 rings (SSSR count). The standard InChI is InChI=1S/C9H14ClF3O2/c10-4-8(2-1-3-14-5-8)6-15-7-9(11,12)13/h1-7H2. The lowest BCUT2D eigenvalue weighted by Gasteiger charge is -2.34. The Bertz CT molecular complexity index is 190. The van der Waals surface area contributed by atoms with Gasteiger partial charge in [-0.25, -0.2) is 0 Å². The molecule has 0 aliphatic carbocycles. The molecule has 0 saturated carbocycles. The van der Waals surface area contributed by atoms with Crippen molar-refractivity contribution in [1.29, 1.82) is 0 Å². The summed E-state index contributed by atoms with van der Waals surface area (Å²) >= 11 is 5.75. The van der Waals surface area contributed by atoms with Gasteiger partial charge in [0.15, 0.2) is 0 Å². The van der Waals surface area contributed by atoms with Crippen molar-refractivity contribution in [3.63, 3.8) is 0 Å². The van der Waals surface area contributed by atoms with Crippen molar-refractivity contribution in [2.75, 3.05) is 32.3 Å². The maximum absolute atomic E-state index is 11.8. The van der Waals surface area contributed by atoms with Gasteiger partial charge in [-0.15, -0.1) is 11.6 Å². The van der Waals surface area contributed by atoms with Crippen LogP contribution in [0.1, 0.15) is 12.8 Å². The van der Waals surface area contributed by atoms with Gasteiger partial charge >= 0.3 is 6.18 Å². The molecule has 0 radical (unpaired) electrons. The average molecular weight is 247 g/mol. The number of hydrogen-bond acceptors (Lipinski definition) is 2. The van der Waals surface area contributed by atoms with Gasteiger partial charge in [-0.1, -0.05) is 0 Å². The zero-order chi connectivity index (χ0) is 11.4. The summed E-state index contributed by atoms with van der Waals surface area (Å²) in [5.74, 6) is 0.269. The molecule has 0 aromatic rings. The second kappa shape index (κ2) is 5.37. The lowest BCUT2D eigenvalue weighted by Crippen LogP contribution is -2.39. The lowest BCUT2D eigenvalue weighted by atomic mass is 9.85. The van der Waals surface area contributed by atoms with E-state index >= 15 is 0 Å². The van der Waals surface area contributed by atoms with Crippen LogP contribution in [0.3, 0.4) is 0 Å². The highest BCUT2D eigenvalue weighted by atomic mass is 35.5. The highest BCUT2D eigenvalue weighted by Crippen LogP contribution is 2.31. The van der Waals surface area contributed by atoms with Gasteiger partial charge in [-0.05, 0) is 12.8 Å². The van der Waals surface area contributed by atoms with Crippen LogP contribution < -0.4 is 0 Å². The molecule has 1 aliphatic heterocycles. The molecule has 0 bridgehead atoms. The SMILES string of the molecule is FC(F)(F)COCC1(CCl)CCCOC1. The summed E-state index contributed by atoms with van der Waals surface area (Å²) in [6.07, 6.45) is -2.69. The van der Waals surface area contributed by atoms with E-state index in [1.807, 2.05) is 0 Å². The highest BCUT2D eigenvalue weighted by molar-refractivity contribution is 6.18. The Morgan fingerprint density at radius 1 is 1.40 bits per heavy atom. The predicted octanol–water partition coefficient (Wildman–Crippen LogP) is 2.60. The molecule has 0 aromatic heterocycles. The Labute approximate surface area is 91.7 Å². The molecular formula is C9H14ClF3O2. The zero-order valence-corrected chi connectivity index (χ0v) is 9.03. The zero-order valence-electron chi connectivity index (χ0n) is 8.28. The van der Waals surface area contributed by atoms with E-state index in [2.05, 4.69) is 4.74 Å². The second-order valence-corrected chi connectivity index (χ2v) is 4.17. The van der Waals surface area contributed by atoms with Crippen molar-refractivity contribution in [1.82, 2.24) is 0 Å². The largest absolute Gasteiger partial charge is 0.411 e. The third-order valence-electron chi connectivity index (χ3n) is 2.36. The Hall–Kier alpha value is -0.0000000000000000208. The molecule has 1 fully saturated rings. The van der Waals surface area contributed by atoms with E-state index in [4.69, 9.17) is 16.3 Å². The van der Waals surface area contributed by atoms with E-state index in [0.717, 1.165) is 12.8 Å². The van der Waals surface area contributed by atoms with E-state index in [-0.39, 0.29) is 12.5 Å². The summed E-state index contributed by atoms with van der Waals surface area (Å²) in [6.45, 7) is -0.173. The molecule has 1 atom stereocenters. The molecular weight excluding hydrogens is 233 g/mol. The normalized spacial score (nSPS) is 28.0. The second-order valence-electron chi connectivity index (χ2n) is 3.90. The summed E-state index contributed by atoms with van der Waals surface area (Å²) in [6, 6.07) is 0. The van der Waals surface area contributed by atoms with Gasteiger partial charge in [0, 0.05) is 17.9 Å². The van der Waals surface area contributed by atoms with Crippen LogP contribution in [0.5, 0.6) is 0 Å². The first-order valence-corrected chi connectivity index (χ1v) is 5.29. The molecule has 0 amide bonds. The smallest absolute Gasteiger partial charge is 0.381 e. The maximum Gasteiger partial charge on any atom is 0.411 e. The van der Waals surface area contributed by atoms with Crippen LogP contribution in [0.25, 0.3) is 0 Å². The average Bonchev–Trinajstić information content (AvgIpc) is 2.17. The van der Waals surface area contributed by atoms with Crippen molar-refractivity contribution < 1.29 is 22.6 Å². The van der Waals surface area contributed by atoms with Gasteiger partial charge in [0.05, 0.1) is 13.2 Å². The Kier molecular flexibility index (Phi) is 4.67. The van der Waals surface area contributed by atoms with Crippen LogP contribution in [0.2, 0.25) is 0 Å². The minimum absolute atomic E-state index is 0.00993. The monoisotopic (exact) mass is 246 g/mol. The maximum atomic E-state index is 11.8. The molecule has 0 spiro atoms. The Morgan fingerprint density at radius 3 is 2.60 bits per heavy atom. The van der Waals surface area contributed by atoms with E-state index in [0.29, 0.717) is 13.2 Å². The Balaban J connectivity index is 2.33. The Morgan fingerprint density at radius 2 is 2.13 bits per heavy atom. The first-order valence-electron chi connectivity index (χ1n) is 4.76. The summed E-state index contributed by atoms with van der Waals surface area (Å²) in [5.41, 5.74) is -0.439. The van der Waals surface area contributed by atoms with E-state index < -0.39 is 18.2 Å². The van der Waals surface area contributed by atoms with Gasteiger partial charge in [0.2, 0.25) is 0 Å². The molecule has 1 aliphatic rings. The van der Waals surface area contributed by atoms with Gasteiger partial charge in [-0.3, -0.25) is 0 Å². The van der Waals surface area contributed by atoms with Crippen LogP contribution in [-0.2, 0) is 9.47 Å². The summed E-state index contributed by atoms with van der Waals surface area (Å²) in [7, 11) is 0. The van der Waals surface area contributed by atoms with E-state index in [1.54, 1.807) is 0 Å². The first kappa shape index (κ1) is 13.1. The van der Waals surface area contributed by atoms with Crippen LogP contribution in [-0.4, -0.2) is 38.5 Å².